The molecular formula is C24H27N2O4-. The number of amides is 2. The van der Waals surface area contributed by atoms with Gasteiger partial charge in [-0.25, -0.2) is 0 Å². The summed E-state index contributed by atoms with van der Waals surface area (Å²) < 4.78 is 0. The van der Waals surface area contributed by atoms with Crippen LogP contribution in [0.25, 0.3) is 0 Å². The van der Waals surface area contributed by atoms with Crippen molar-refractivity contribution in [3.63, 3.8) is 0 Å². The number of anilines is 2. The molecule has 1 fully saturated rings. The third-order valence-corrected chi connectivity index (χ3v) is 5.67. The second-order valence-corrected chi connectivity index (χ2v) is 8.08. The van der Waals surface area contributed by atoms with E-state index in [1.807, 2.05) is 24.3 Å². The molecule has 30 heavy (non-hydrogen) atoms. The van der Waals surface area contributed by atoms with Crippen molar-refractivity contribution in [1.82, 2.24) is 0 Å². The fourth-order valence-electron chi connectivity index (χ4n) is 3.89. The molecule has 0 heterocycles. The van der Waals surface area contributed by atoms with Crippen molar-refractivity contribution in [2.45, 2.75) is 45.4 Å². The molecule has 0 aliphatic heterocycles. The Bertz CT molecular complexity index is 921. The molecule has 2 aromatic carbocycles. The lowest BCUT2D eigenvalue weighted by Gasteiger charge is -2.31. The molecule has 2 amide bonds. The number of carboxylic acid groups (broad SMARTS) is 1. The summed E-state index contributed by atoms with van der Waals surface area (Å²) in [5.41, 5.74) is 2.52. The zero-order valence-corrected chi connectivity index (χ0v) is 17.3. The standard InChI is InChI=1S/C24H28N2O4/c1-15(2)16-11-13-17(14-12-16)25-23(28)20-9-5-6-10-21(20)26-22(27)18-7-3-4-8-19(18)24(29)30/h5-6,9-15,18-19H,3-4,7-8H2,1-2H3,(H,25,28)(H,26,27)(H,29,30)/p-1/t18-,19-/m0/s1. The van der Waals surface area contributed by atoms with Gasteiger partial charge in [0.05, 0.1) is 11.3 Å². The molecule has 6 heteroatoms. The molecule has 3 rings (SSSR count). The van der Waals surface area contributed by atoms with E-state index < -0.39 is 17.8 Å². The highest BCUT2D eigenvalue weighted by Gasteiger charge is 2.32. The van der Waals surface area contributed by atoms with Crippen LogP contribution in [0.2, 0.25) is 0 Å². The van der Waals surface area contributed by atoms with Gasteiger partial charge in [0.2, 0.25) is 5.91 Å². The number of rotatable bonds is 6. The van der Waals surface area contributed by atoms with E-state index >= 15 is 0 Å². The van der Waals surface area contributed by atoms with E-state index in [1.54, 1.807) is 24.3 Å². The summed E-state index contributed by atoms with van der Waals surface area (Å²) in [7, 11) is 0. The first kappa shape index (κ1) is 21.6. The molecule has 1 aliphatic rings. The van der Waals surface area contributed by atoms with E-state index in [9.17, 15) is 19.5 Å². The molecule has 0 unspecified atom stereocenters. The van der Waals surface area contributed by atoms with Gasteiger partial charge in [-0.15, -0.1) is 0 Å². The maximum atomic E-state index is 12.8. The van der Waals surface area contributed by atoms with E-state index in [4.69, 9.17) is 0 Å². The summed E-state index contributed by atoms with van der Waals surface area (Å²) in [5.74, 6) is -2.96. The molecule has 158 valence electrons. The van der Waals surface area contributed by atoms with Gasteiger partial charge in [-0.05, 0) is 48.6 Å². The highest BCUT2D eigenvalue weighted by atomic mass is 16.4. The topological polar surface area (TPSA) is 98.3 Å². The van der Waals surface area contributed by atoms with Crippen LogP contribution in [-0.4, -0.2) is 17.8 Å². The van der Waals surface area contributed by atoms with Crippen LogP contribution in [0.1, 0.15) is 61.4 Å². The summed E-state index contributed by atoms with van der Waals surface area (Å²) in [5, 5.41) is 17.0. The van der Waals surface area contributed by atoms with Crippen LogP contribution >= 0.6 is 0 Å². The molecular weight excluding hydrogens is 380 g/mol. The van der Waals surface area contributed by atoms with Crippen LogP contribution in [0.4, 0.5) is 11.4 Å². The first-order chi connectivity index (χ1) is 14.4. The highest BCUT2D eigenvalue weighted by molar-refractivity contribution is 6.10. The summed E-state index contributed by atoms with van der Waals surface area (Å²) in [6.45, 7) is 4.20. The number of carboxylic acids is 1. The number of hydrogen-bond donors (Lipinski definition) is 2. The second-order valence-electron chi connectivity index (χ2n) is 8.08. The predicted molar refractivity (Wildman–Crippen MR) is 114 cm³/mol. The van der Waals surface area contributed by atoms with Gasteiger partial charge in [-0.1, -0.05) is 51.0 Å². The SMILES string of the molecule is CC(C)c1ccc(NC(=O)c2ccccc2NC(=O)[C@H]2CCCC[C@@H]2C(=O)[O-])cc1. The minimum atomic E-state index is -1.19. The van der Waals surface area contributed by atoms with Crippen molar-refractivity contribution in [2.24, 2.45) is 11.8 Å². The van der Waals surface area contributed by atoms with E-state index in [2.05, 4.69) is 24.5 Å². The van der Waals surface area contributed by atoms with Gasteiger partial charge < -0.3 is 20.5 Å². The van der Waals surface area contributed by atoms with E-state index in [1.165, 1.54) is 5.56 Å². The minimum absolute atomic E-state index is 0.319. The molecule has 1 saturated carbocycles. The minimum Gasteiger partial charge on any atom is -0.550 e. The first-order valence-corrected chi connectivity index (χ1v) is 10.4. The number of aliphatic carboxylic acids is 1. The first-order valence-electron chi connectivity index (χ1n) is 10.4. The third-order valence-electron chi connectivity index (χ3n) is 5.67. The van der Waals surface area contributed by atoms with Crippen LogP contribution in [0.15, 0.2) is 48.5 Å². The van der Waals surface area contributed by atoms with Crippen LogP contribution in [0, 0.1) is 11.8 Å². The maximum Gasteiger partial charge on any atom is 0.257 e. The van der Waals surface area contributed by atoms with Gasteiger partial charge in [0.1, 0.15) is 0 Å². The molecule has 1 aliphatic carbocycles. The molecule has 0 saturated heterocycles. The van der Waals surface area contributed by atoms with E-state index in [0.717, 1.165) is 12.8 Å². The van der Waals surface area contributed by atoms with Crippen LogP contribution < -0.4 is 15.7 Å². The Labute approximate surface area is 176 Å². The number of para-hydroxylation sites is 1. The fourth-order valence-corrected chi connectivity index (χ4v) is 3.89. The zero-order chi connectivity index (χ0) is 21.7. The van der Waals surface area contributed by atoms with Crippen molar-refractivity contribution < 1.29 is 19.5 Å². The number of carbonyl (C=O) groups is 3. The quantitative estimate of drug-likeness (QED) is 0.765. The van der Waals surface area contributed by atoms with E-state index in [0.29, 0.717) is 35.7 Å². The van der Waals surface area contributed by atoms with Gasteiger partial charge in [0.15, 0.2) is 0 Å². The predicted octanol–water partition coefficient (Wildman–Crippen LogP) is 3.56. The Morgan fingerprint density at radius 1 is 0.900 bits per heavy atom. The van der Waals surface area contributed by atoms with Crippen LogP contribution in [0.5, 0.6) is 0 Å². The second kappa shape index (κ2) is 9.57. The van der Waals surface area contributed by atoms with Crippen LogP contribution in [0.3, 0.4) is 0 Å². The largest absolute Gasteiger partial charge is 0.550 e. The van der Waals surface area contributed by atoms with Gasteiger partial charge in [-0.2, -0.15) is 0 Å². The maximum absolute atomic E-state index is 12.8. The van der Waals surface area contributed by atoms with Gasteiger partial charge >= 0.3 is 0 Å². The van der Waals surface area contributed by atoms with Crippen molar-refractivity contribution in [2.75, 3.05) is 10.6 Å². The normalized spacial score (nSPS) is 18.6. The van der Waals surface area contributed by atoms with Crippen molar-refractivity contribution in [1.29, 1.82) is 0 Å². The number of carbonyl (C=O) groups excluding carboxylic acids is 3. The Morgan fingerprint density at radius 2 is 1.53 bits per heavy atom. The highest BCUT2D eigenvalue weighted by Crippen LogP contribution is 2.31. The summed E-state index contributed by atoms with van der Waals surface area (Å²) in [6.07, 6.45) is 2.52. The average Bonchev–Trinajstić information content (AvgIpc) is 2.74. The van der Waals surface area contributed by atoms with Crippen LogP contribution in [-0.2, 0) is 9.59 Å². The molecule has 2 aromatic rings. The number of hydrogen-bond acceptors (Lipinski definition) is 4. The fraction of sp³-hybridized carbons (Fsp3) is 0.375. The lowest BCUT2D eigenvalue weighted by molar-refractivity contribution is -0.313. The Hall–Kier alpha value is -3.15. The molecule has 6 nitrogen and oxygen atoms in total. The molecule has 2 atom stereocenters. The molecule has 2 N–H and O–H groups in total. The lowest BCUT2D eigenvalue weighted by Crippen LogP contribution is -2.42. The smallest absolute Gasteiger partial charge is 0.257 e. The Balaban J connectivity index is 1.74. The molecule has 0 bridgehead atoms. The molecule has 0 spiro atoms. The Kier molecular flexibility index (Phi) is 6.87. The van der Waals surface area contributed by atoms with Crippen molar-refractivity contribution >= 4 is 29.2 Å². The van der Waals surface area contributed by atoms with Crippen molar-refractivity contribution in [3.05, 3.63) is 59.7 Å². The summed E-state index contributed by atoms with van der Waals surface area (Å²) in [6, 6.07) is 14.4. The van der Waals surface area contributed by atoms with Gasteiger partial charge in [0.25, 0.3) is 5.91 Å². The third kappa shape index (κ3) is 5.06. The average molecular weight is 407 g/mol. The molecule has 0 radical (unpaired) electrons. The van der Waals surface area contributed by atoms with Gasteiger partial charge in [-0.3, -0.25) is 9.59 Å². The van der Waals surface area contributed by atoms with Crippen molar-refractivity contribution in [3.8, 4) is 0 Å². The van der Waals surface area contributed by atoms with E-state index in [-0.39, 0.29) is 11.8 Å². The summed E-state index contributed by atoms with van der Waals surface area (Å²) in [4.78, 5) is 37.0. The number of benzene rings is 2. The van der Waals surface area contributed by atoms with Gasteiger partial charge in [0, 0.05) is 23.5 Å². The zero-order valence-electron chi connectivity index (χ0n) is 17.3. The monoisotopic (exact) mass is 407 g/mol. The molecule has 0 aromatic heterocycles. The lowest BCUT2D eigenvalue weighted by atomic mass is 9.78. The Morgan fingerprint density at radius 3 is 2.17 bits per heavy atom. The number of nitrogens with one attached hydrogen (secondary N) is 2. The summed E-state index contributed by atoms with van der Waals surface area (Å²) >= 11 is 0.